The van der Waals surface area contributed by atoms with E-state index < -0.39 is 0 Å². The summed E-state index contributed by atoms with van der Waals surface area (Å²) in [5.74, 6) is 0.174. The minimum absolute atomic E-state index is 0.136. The lowest BCUT2D eigenvalue weighted by atomic mass is 9.98. The van der Waals surface area contributed by atoms with Gasteiger partial charge in [0.2, 0.25) is 5.13 Å². The van der Waals surface area contributed by atoms with E-state index in [0.717, 1.165) is 19.5 Å². The Hall–Kier alpha value is -1.90. The molecule has 0 saturated carbocycles. The molecule has 1 aliphatic rings. The van der Waals surface area contributed by atoms with Gasteiger partial charge in [0.05, 0.1) is 15.1 Å². The molecule has 150 valence electrons. The summed E-state index contributed by atoms with van der Waals surface area (Å²) >= 11 is 19.2. The number of nitrogens with one attached hydrogen (secondary N) is 2. The van der Waals surface area contributed by atoms with Gasteiger partial charge in [0.15, 0.2) is 5.01 Å². The van der Waals surface area contributed by atoms with Gasteiger partial charge in [-0.1, -0.05) is 52.2 Å². The Bertz CT molecular complexity index is 1070. The molecule has 10 heteroatoms. The summed E-state index contributed by atoms with van der Waals surface area (Å²) in [5, 5.41) is 16.2. The average molecular weight is 470 g/mol. The first kappa shape index (κ1) is 20.4. The van der Waals surface area contributed by atoms with Gasteiger partial charge in [-0.05, 0) is 42.3 Å². The van der Waals surface area contributed by atoms with Crippen LogP contribution in [-0.4, -0.2) is 22.6 Å². The molecule has 2 N–H and O–H groups in total. The lowest BCUT2D eigenvalue weighted by molar-refractivity contribution is 0.102. The van der Waals surface area contributed by atoms with E-state index in [9.17, 15) is 4.79 Å². The number of hydrogen-bond acceptors (Lipinski definition) is 6. The van der Waals surface area contributed by atoms with Gasteiger partial charge >= 0.3 is 0 Å². The molecule has 0 atom stereocenters. The predicted octanol–water partition coefficient (Wildman–Crippen LogP) is 4.98. The second kappa shape index (κ2) is 8.85. The Morgan fingerprint density at radius 2 is 1.93 bits per heavy atom. The molecule has 2 aromatic carbocycles. The van der Waals surface area contributed by atoms with Crippen molar-refractivity contribution in [3.63, 3.8) is 0 Å². The van der Waals surface area contributed by atoms with Crippen LogP contribution in [0.5, 0.6) is 5.75 Å². The molecule has 1 aliphatic heterocycles. The highest BCUT2D eigenvalue weighted by molar-refractivity contribution is 7.15. The largest absolute Gasteiger partial charge is 0.485 e. The molecular weight excluding hydrogens is 455 g/mol. The Kier molecular flexibility index (Phi) is 6.22. The van der Waals surface area contributed by atoms with Crippen LogP contribution in [-0.2, 0) is 19.6 Å². The van der Waals surface area contributed by atoms with Gasteiger partial charge in [-0.15, -0.1) is 10.2 Å². The number of anilines is 1. The van der Waals surface area contributed by atoms with Crippen molar-refractivity contribution in [3.05, 3.63) is 67.1 Å². The molecule has 0 spiro atoms. The van der Waals surface area contributed by atoms with E-state index >= 15 is 0 Å². The van der Waals surface area contributed by atoms with E-state index in [2.05, 4.69) is 20.8 Å². The number of aromatic nitrogens is 2. The molecule has 0 saturated heterocycles. The van der Waals surface area contributed by atoms with Crippen LogP contribution in [0.15, 0.2) is 30.3 Å². The van der Waals surface area contributed by atoms with Crippen LogP contribution in [0.3, 0.4) is 0 Å². The third kappa shape index (κ3) is 4.82. The molecule has 0 aliphatic carbocycles. The van der Waals surface area contributed by atoms with E-state index in [-0.39, 0.29) is 12.5 Å². The molecule has 0 fully saturated rings. The van der Waals surface area contributed by atoms with Gasteiger partial charge < -0.3 is 10.1 Å². The van der Waals surface area contributed by atoms with Crippen molar-refractivity contribution < 1.29 is 9.53 Å². The van der Waals surface area contributed by atoms with Gasteiger partial charge in [-0.3, -0.25) is 10.1 Å². The number of hydrogen-bond donors (Lipinski definition) is 2. The van der Waals surface area contributed by atoms with Crippen LogP contribution < -0.4 is 15.4 Å². The summed E-state index contributed by atoms with van der Waals surface area (Å²) in [4.78, 5) is 12.5. The van der Waals surface area contributed by atoms with Crippen LogP contribution in [0.1, 0.15) is 26.5 Å². The molecule has 0 unspecified atom stereocenters. The number of benzene rings is 2. The molecule has 2 heterocycles. The van der Waals surface area contributed by atoms with Gasteiger partial charge in [0.25, 0.3) is 5.91 Å². The third-order valence-corrected chi connectivity index (χ3v) is 6.20. The third-order valence-electron chi connectivity index (χ3n) is 4.37. The first-order valence-corrected chi connectivity index (χ1v) is 10.7. The fourth-order valence-electron chi connectivity index (χ4n) is 2.90. The highest BCUT2D eigenvalue weighted by Crippen LogP contribution is 2.34. The predicted molar refractivity (Wildman–Crippen MR) is 116 cm³/mol. The number of nitrogens with zero attached hydrogens (tertiary/aromatic N) is 2. The quantitative estimate of drug-likeness (QED) is 0.516. The maximum Gasteiger partial charge on any atom is 0.257 e. The summed E-state index contributed by atoms with van der Waals surface area (Å²) in [7, 11) is 0. The zero-order chi connectivity index (χ0) is 20.4. The number of fused-ring (bicyclic) bond motifs is 1. The first-order valence-electron chi connectivity index (χ1n) is 8.73. The standard InChI is InChI=1S/C19H15Cl3N4O2S/c20-13-6-15(22)16(7-14(13)21)28-9-17-25-26-19(29-17)24-18(27)11-1-2-12-8-23-4-3-10(12)5-11/h1-2,5-7,23H,3-4,8-9H2,(H,24,26,27). The zero-order valence-electron chi connectivity index (χ0n) is 15.0. The van der Waals surface area contributed by atoms with Crippen molar-refractivity contribution in [3.8, 4) is 5.75 Å². The Balaban J connectivity index is 1.39. The van der Waals surface area contributed by atoms with Crippen molar-refractivity contribution >= 4 is 57.2 Å². The number of amides is 1. The highest BCUT2D eigenvalue weighted by atomic mass is 35.5. The van der Waals surface area contributed by atoms with E-state index in [1.54, 1.807) is 6.07 Å². The molecule has 0 bridgehead atoms. The van der Waals surface area contributed by atoms with Gasteiger partial charge in [-0.2, -0.15) is 0 Å². The zero-order valence-corrected chi connectivity index (χ0v) is 18.1. The summed E-state index contributed by atoms with van der Waals surface area (Å²) in [6.07, 6.45) is 0.911. The van der Waals surface area contributed by atoms with E-state index in [4.69, 9.17) is 39.5 Å². The van der Waals surface area contributed by atoms with Gasteiger partial charge in [0, 0.05) is 18.2 Å². The second-order valence-electron chi connectivity index (χ2n) is 6.35. The van der Waals surface area contributed by atoms with Crippen LogP contribution >= 0.6 is 46.1 Å². The van der Waals surface area contributed by atoms with Crippen molar-refractivity contribution in [2.75, 3.05) is 11.9 Å². The van der Waals surface area contributed by atoms with Gasteiger partial charge in [0.1, 0.15) is 12.4 Å². The first-order chi connectivity index (χ1) is 14.0. The van der Waals surface area contributed by atoms with Gasteiger partial charge in [-0.25, -0.2) is 0 Å². The molecule has 0 radical (unpaired) electrons. The second-order valence-corrected chi connectivity index (χ2v) is 8.63. The van der Waals surface area contributed by atoms with Crippen molar-refractivity contribution in [2.45, 2.75) is 19.6 Å². The van der Waals surface area contributed by atoms with Crippen molar-refractivity contribution in [1.29, 1.82) is 0 Å². The molecule has 29 heavy (non-hydrogen) atoms. The lowest BCUT2D eigenvalue weighted by Gasteiger charge is -2.17. The topological polar surface area (TPSA) is 76.1 Å². The monoisotopic (exact) mass is 468 g/mol. The molecule has 4 rings (SSSR count). The van der Waals surface area contributed by atoms with Crippen LogP contribution in [0, 0.1) is 0 Å². The van der Waals surface area contributed by atoms with E-state index in [1.165, 1.54) is 28.5 Å². The summed E-state index contributed by atoms with van der Waals surface area (Å²) in [5.41, 5.74) is 3.02. The van der Waals surface area contributed by atoms with Crippen LogP contribution in [0.25, 0.3) is 0 Å². The molecular formula is C19H15Cl3N4O2S. The Morgan fingerprint density at radius 1 is 1.10 bits per heavy atom. The number of carbonyl (C=O) groups is 1. The number of rotatable bonds is 5. The maximum absolute atomic E-state index is 12.5. The van der Waals surface area contributed by atoms with Crippen molar-refractivity contribution in [1.82, 2.24) is 15.5 Å². The van der Waals surface area contributed by atoms with E-state index in [0.29, 0.717) is 36.5 Å². The number of carbonyl (C=O) groups excluding carboxylic acids is 1. The van der Waals surface area contributed by atoms with E-state index in [1.807, 2.05) is 18.2 Å². The fraction of sp³-hybridized carbons (Fsp3) is 0.211. The lowest BCUT2D eigenvalue weighted by Crippen LogP contribution is -2.24. The summed E-state index contributed by atoms with van der Waals surface area (Å²) < 4.78 is 5.64. The number of ether oxygens (including phenoxy) is 1. The molecule has 3 aromatic rings. The minimum Gasteiger partial charge on any atom is -0.485 e. The normalized spacial score (nSPS) is 13.1. The molecule has 1 aromatic heterocycles. The molecule has 6 nitrogen and oxygen atoms in total. The smallest absolute Gasteiger partial charge is 0.257 e. The van der Waals surface area contributed by atoms with Crippen molar-refractivity contribution in [2.24, 2.45) is 0 Å². The molecule has 1 amide bonds. The van der Waals surface area contributed by atoms with Crippen LogP contribution in [0.4, 0.5) is 5.13 Å². The Morgan fingerprint density at radius 3 is 2.79 bits per heavy atom. The summed E-state index contributed by atoms with van der Waals surface area (Å²) in [6.45, 7) is 1.89. The maximum atomic E-state index is 12.5. The summed E-state index contributed by atoms with van der Waals surface area (Å²) in [6, 6.07) is 8.79. The Labute approximate surface area is 186 Å². The average Bonchev–Trinajstić information content (AvgIpc) is 3.16. The SMILES string of the molecule is O=C(Nc1nnc(COc2cc(Cl)c(Cl)cc2Cl)s1)c1ccc2c(c1)CCNC2. The minimum atomic E-state index is -0.220. The number of halogens is 3. The highest BCUT2D eigenvalue weighted by Gasteiger charge is 2.15. The fourth-order valence-corrected chi connectivity index (χ4v) is 4.14. The van der Waals surface area contributed by atoms with Crippen LogP contribution in [0.2, 0.25) is 15.1 Å².